The lowest BCUT2D eigenvalue weighted by molar-refractivity contribution is -0.877. The van der Waals surface area contributed by atoms with Gasteiger partial charge in [0.1, 0.15) is 12.1 Å². The van der Waals surface area contributed by atoms with Crippen LogP contribution in [0, 0.1) is 0 Å². The van der Waals surface area contributed by atoms with Crippen molar-refractivity contribution in [1.29, 1.82) is 0 Å². The van der Waals surface area contributed by atoms with Crippen molar-refractivity contribution < 1.29 is 19.5 Å². The summed E-state index contributed by atoms with van der Waals surface area (Å²) >= 11 is 0. The highest BCUT2D eigenvalue weighted by atomic mass is 16.4. The Morgan fingerprint density at radius 3 is 1.96 bits per heavy atom. The molecule has 0 rings (SSSR count). The summed E-state index contributed by atoms with van der Waals surface area (Å²) < 4.78 is 0.579. The summed E-state index contributed by atoms with van der Waals surface area (Å²) in [6.07, 6.45) is 16.9. The minimum atomic E-state index is -1.09. The van der Waals surface area contributed by atoms with Crippen LogP contribution in [0.1, 0.15) is 84.0 Å². The Kier molecular flexibility index (Phi) is 12.9. The third-order valence-electron chi connectivity index (χ3n) is 4.40. The molecule has 0 unspecified atom stereocenters. The van der Waals surface area contributed by atoms with Crippen LogP contribution in [0.3, 0.4) is 0 Å². The van der Waals surface area contributed by atoms with Gasteiger partial charge in [-0.15, -0.1) is 0 Å². The largest absolute Gasteiger partial charge is 0.481 e. The fraction of sp³-hybridized carbons (Fsp3) is 0.857. The van der Waals surface area contributed by atoms with Crippen molar-refractivity contribution in [2.75, 3.05) is 27.7 Å². The molecule has 0 aliphatic carbocycles. The normalized spacial score (nSPS) is 14.8. The fourth-order valence-corrected chi connectivity index (χ4v) is 3.37. The van der Waals surface area contributed by atoms with Gasteiger partial charge in [0.15, 0.2) is 0 Å². The van der Waals surface area contributed by atoms with Crippen molar-refractivity contribution in [1.82, 2.24) is 0 Å². The number of hydrogen-bond donors (Lipinski definition) is 2. The lowest BCUT2D eigenvalue weighted by Gasteiger charge is -2.34. The Morgan fingerprint density at radius 1 is 0.920 bits per heavy atom. The average Bonchev–Trinajstić information content (AvgIpc) is 2.45. The molecule has 0 saturated heterocycles. The Hall–Kier alpha value is -0.870. The van der Waals surface area contributed by atoms with E-state index in [0.29, 0.717) is 17.4 Å². The van der Waals surface area contributed by atoms with E-state index in [1.165, 1.54) is 51.4 Å². The van der Waals surface area contributed by atoms with Crippen molar-refractivity contribution in [3.63, 3.8) is 0 Å². The Balaban J connectivity index is 3.81. The molecular weight excluding hydrogens is 314 g/mol. The van der Waals surface area contributed by atoms with Gasteiger partial charge in [0.25, 0.3) is 0 Å². The molecule has 1 atom stereocenters. The third-order valence-corrected chi connectivity index (χ3v) is 4.40. The highest BCUT2D eigenvalue weighted by Crippen LogP contribution is 2.23. The number of carboxylic acids is 1. The van der Waals surface area contributed by atoms with E-state index >= 15 is 0 Å². The summed E-state index contributed by atoms with van der Waals surface area (Å²) in [6.45, 7) is 2.70. The minimum Gasteiger partial charge on any atom is -0.481 e. The quantitative estimate of drug-likeness (QED) is 0.238. The molecule has 0 radical (unpaired) electrons. The molecule has 25 heavy (non-hydrogen) atoms. The van der Waals surface area contributed by atoms with Crippen molar-refractivity contribution >= 4 is 5.97 Å². The standard InChI is InChI=1S/C21H41NO3/c1-5-6-7-8-9-10-11-12-13-14-15-16-17-21(25,18-20(23)24)19-22(2,3)4/h8-9,25H,5-7,10-19H2,1-4H3/p+1/b9-8-/t21-/m1/s1. The van der Waals surface area contributed by atoms with Gasteiger partial charge < -0.3 is 14.7 Å². The van der Waals surface area contributed by atoms with Crippen molar-refractivity contribution in [2.24, 2.45) is 0 Å². The number of hydrogen-bond acceptors (Lipinski definition) is 2. The number of quaternary nitrogens is 1. The molecule has 0 saturated carbocycles. The number of aliphatic carboxylic acids is 1. The smallest absolute Gasteiger partial charge is 0.306 e. The van der Waals surface area contributed by atoms with Crippen LogP contribution in [0.5, 0.6) is 0 Å². The average molecular weight is 357 g/mol. The predicted molar refractivity (Wildman–Crippen MR) is 106 cm³/mol. The van der Waals surface area contributed by atoms with Crippen LogP contribution in [0.15, 0.2) is 12.2 Å². The number of likely N-dealkylation sites (N-methyl/N-ethyl adjacent to an activating group) is 1. The Morgan fingerprint density at radius 2 is 1.44 bits per heavy atom. The zero-order valence-electron chi connectivity index (χ0n) is 17.1. The second-order valence-electron chi connectivity index (χ2n) is 8.52. The van der Waals surface area contributed by atoms with Crippen LogP contribution in [-0.4, -0.2) is 54.0 Å². The first kappa shape index (κ1) is 24.1. The van der Waals surface area contributed by atoms with E-state index < -0.39 is 11.6 Å². The maximum atomic E-state index is 11.0. The van der Waals surface area contributed by atoms with E-state index in [1.807, 2.05) is 21.1 Å². The number of unbranched alkanes of at least 4 members (excludes halogenated alkanes) is 8. The Bertz CT molecular complexity index is 374. The van der Waals surface area contributed by atoms with Gasteiger partial charge >= 0.3 is 5.97 Å². The zero-order valence-corrected chi connectivity index (χ0v) is 17.1. The molecule has 4 heteroatoms. The predicted octanol–water partition coefficient (Wildman–Crippen LogP) is 4.77. The fourth-order valence-electron chi connectivity index (χ4n) is 3.37. The number of carbonyl (C=O) groups is 1. The molecule has 0 spiro atoms. The molecule has 0 aromatic carbocycles. The summed E-state index contributed by atoms with van der Waals surface area (Å²) in [5.74, 6) is -0.914. The van der Waals surface area contributed by atoms with Crippen LogP contribution in [-0.2, 0) is 4.79 Å². The van der Waals surface area contributed by atoms with Crippen molar-refractivity contribution in [3.05, 3.63) is 12.2 Å². The van der Waals surface area contributed by atoms with E-state index in [0.717, 1.165) is 12.8 Å². The zero-order chi connectivity index (χ0) is 19.2. The highest BCUT2D eigenvalue weighted by Gasteiger charge is 2.35. The van der Waals surface area contributed by atoms with Gasteiger partial charge in [-0.05, 0) is 25.7 Å². The van der Waals surface area contributed by atoms with E-state index in [2.05, 4.69) is 19.1 Å². The third kappa shape index (κ3) is 16.4. The summed E-state index contributed by atoms with van der Waals surface area (Å²) in [5.41, 5.74) is -1.09. The molecule has 4 nitrogen and oxygen atoms in total. The first-order valence-electron chi connectivity index (χ1n) is 10.1. The van der Waals surface area contributed by atoms with Crippen LogP contribution < -0.4 is 0 Å². The van der Waals surface area contributed by atoms with Crippen molar-refractivity contribution in [3.8, 4) is 0 Å². The number of carboxylic acid groups (broad SMARTS) is 1. The summed E-state index contributed by atoms with van der Waals surface area (Å²) in [5, 5.41) is 19.7. The Labute approximate surface area is 155 Å². The van der Waals surface area contributed by atoms with Gasteiger partial charge in [-0.3, -0.25) is 4.79 Å². The number of allylic oxidation sites excluding steroid dienone is 2. The molecule has 2 N–H and O–H groups in total. The monoisotopic (exact) mass is 356 g/mol. The van der Waals surface area contributed by atoms with E-state index in [-0.39, 0.29) is 6.42 Å². The second kappa shape index (κ2) is 13.3. The molecule has 0 aromatic heterocycles. The molecule has 0 bridgehead atoms. The molecular formula is C21H42NO3+. The van der Waals surface area contributed by atoms with Crippen LogP contribution >= 0.6 is 0 Å². The lowest BCUT2D eigenvalue weighted by Crippen LogP contribution is -2.50. The van der Waals surface area contributed by atoms with Gasteiger partial charge in [0.05, 0.1) is 27.6 Å². The van der Waals surface area contributed by atoms with Gasteiger partial charge in [-0.1, -0.05) is 64.0 Å². The van der Waals surface area contributed by atoms with Crippen LogP contribution in [0.25, 0.3) is 0 Å². The number of aliphatic hydroxyl groups is 1. The van der Waals surface area contributed by atoms with Gasteiger partial charge in [0, 0.05) is 0 Å². The molecule has 148 valence electrons. The number of nitrogens with zero attached hydrogens (tertiary/aromatic N) is 1. The van der Waals surface area contributed by atoms with Crippen LogP contribution in [0.2, 0.25) is 0 Å². The maximum Gasteiger partial charge on any atom is 0.306 e. The molecule has 0 fully saturated rings. The first-order valence-corrected chi connectivity index (χ1v) is 10.1. The second-order valence-corrected chi connectivity index (χ2v) is 8.52. The molecule has 0 amide bonds. The molecule has 0 aliphatic heterocycles. The summed E-state index contributed by atoms with van der Waals surface area (Å²) in [7, 11) is 5.97. The first-order chi connectivity index (χ1) is 11.7. The lowest BCUT2D eigenvalue weighted by atomic mass is 9.91. The molecule has 0 aliphatic rings. The maximum absolute atomic E-state index is 11.0. The van der Waals surface area contributed by atoms with Crippen molar-refractivity contribution in [2.45, 2.75) is 89.6 Å². The topological polar surface area (TPSA) is 57.5 Å². The van der Waals surface area contributed by atoms with Gasteiger partial charge in [-0.25, -0.2) is 0 Å². The van der Waals surface area contributed by atoms with E-state index in [4.69, 9.17) is 5.11 Å². The van der Waals surface area contributed by atoms with Gasteiger partial charge in [0.2, 0.25) is 0 Å². The van der Waals surface area contributed by atoms with E-state index in [1.54, 1.807) is 0 Å². The van der Waals surface area contributed by atoms with Crippen LogP contribution in [0.4, 0.5) is 0 Å². The molecule has 0 heterocycles. The summed E-state index contributed by atoms with van der Waals surface area (Å²) in [4.78, 5) is 11.0. The highest BCUT2D eigenvalue weighted by molar-refractivity contribution is 5.68. The van der Waals surface area contributed by atoms with Gasteiger partial charge in [-0.2, -0.15) is 0 Å². The number of rotatable bonds is 16. The van der Waals surface area contributed by atoms with E-state index in [9.17, 15) is 9.90 Å². The molecule has 0 aromatic rings. The SMILES string of the molecule is CCCC/C=C\CCCCCCCC[C@@](O)(CC(=O)O)C[N+](C)(C)C. The minimum absolute atomic E-state index is 0.160. The summed E-state index contributed by atoms with van der Waals surface area (Å²) in [6, 6.07) is 0.